The van der Waals surface area contributed by atoms with Crippen LogP contribution in [0.15, 0.2) is 35.2 Å². The van der Waals surface area contributed by atoms with Gasteiger partial charge in [-0.2, -0.15) is 5.26 Å². The molecule has 2 N–H and O–H groups in total. The predicted octanol–water partition coefficient (Wildman–Crippen LogP) is 4.15. The predicted molar refractivity (Wildman–Crippen MR) is 119 cm³/mol. The molecule has 0 amide bonds. The van der Waals surface area contributed by atoms with E-state index in [0.29, 0.717) is 18.8 Å². The highest BCUT2D eigenvalue weighted by atomic mass is 35.5. The molecule has 0 unspecified atom stereocenters. The Morgan fingerprint density at radius 3 is 2.55 bits per heavy atom. The van der Waals surface area contributed by atoms with Crippen molar-refractivity contribution < 1.29 is 27.8 Å². The monoisotopic (exact) mass is 488 g/mol. The first-order chi connectivity index (χ1) is 15.7. The largest absolute Gasteiger partial charge is 0.488 e. The van der Waals surface area contributed by atoms with Crippen LogP contribution >= 0.6 is 11.6 Å². The van der Waals surface area contributed by atoms with Gasteiger partial charge in [0.05, 0.1) is 39.9 Å². The molecule has 3 fully saturated rings. The molecule has 1 aliphatic heterocycles. The summed E-state index contributed by atoms with van der Waals surface area (Å²) in [7, 11) is -4.17. The number of carboxylic acids is 1. The average Bonchev–Trinajstić information content (AvgIpc) is 3.55. The molecular formula is C23H21ClN2O6S. The van der Waals surface area contributed by atoms with Crippen LogP contribution in [0.25, 0.3) is 0 Å². The molecule has 2 aromatic rings. The Labute approximate surface area is 196 Å². The number of sulfonamides is 1. The summed E-state index contributed by atoms with van der Waals surface area (Å²) in [5.41, 5.74) is 0.796. The summed E-state index contributed by atoms with van der Waals surface area (Å²) >= 11 is 6.19. The number of halogens is 1. The van der Waals surface area contributed by atoms with Gasteiger partial charge in [0, 0.05) is 11.5 Å². The lowest BCUT2D eigenvalue weighted by Crippen LogP contribution is -2.56. The van der Waals surface area contributed by atoms with Crippen molar-refractivity contribution in [1.29, 1.82) is 5.26 Å². The van der Waals surface area contributed by atoms with Crippen molar-refractivity contribution in [3.8, 4) is 11.8 Å². The number of hydrogen-bond acceptors (Lipinski definition) is 6. The second-order valence-electron chi connectivity index (χ2n) is 9.02. The molecule has 33 heavy (non-hydrogen) atoms. The number of nitrogens with zero attached hydrogens (tertiary/aromatic N) is 1. The number of carboxylic acid groups (broad SMARTS) is 1. The average molecular weight is 489 g/mol. The normalized spacial score (nSPS) is 19.3. The van der Waals surface area contributed by atoms with Crippen molar-refractivity contribution >= 4 is 33.3 Å². The third-order valence-corrected chi connectivity index (χ3v) is 8.17. The van der Waals surface area contributed by atoms with Gasteiger partial charge in [-0.25, -0.2) is 13.2 Å². The fraction of sp³-hybridized carbons (Fsp3) is 0.391. The smallest absolute Gasteiger partial charge is 0.335 e. The zero-order valence-corrected chi connectivity index (χ0v) is 19.1. The van der Waals surface area contributed by atoms with E-state index >= 15 is 0 Å². The Morgan fingerprint density at radius 1 is 1.24 bits per heavy atom. The number of rotatable bonds is 7. The Kier molecular flexibility index (Phi) is 5.27. The van der Waals surface area contributed by atoms with Crippen LogP contribution < -0.4 is 9.46 Å². The fourth-order valence-electron chi connectivity index (χ4n) is 4.44. The summed E-state index contributed by atoms with van der Waals surface area (Å²) in [4.78, 5) is 11.4. The molecule has 0 radical (unpaired) electrons. The number of benzene rings is 2. The number of nitriles is 1. The van der Waals surface area contributed by atoms with Gasteiger partial charge in [-0.05, 0) is 55.4 Å². The van der Waals surface area contributed by atoms with Crippen LogP contribution in [-0.2, 0) is 14.8 Å². The van der Waals surface area contributed by atoms with Crippen LogP contribution in [0.1, 0.15) is 53.1 Å². The fourth-order valence-corrected chi connectivity index (χ4v) is 6.03. The van der Waals surface area contributed by atoms with E-state index in [9.17, 15) is 23.6 Å². The Morgan fingerprint density at radius 2 is 1.97 bits per heavy atom. The van der Waals surface area contributed by atoms with E-state index in [1.54, 1.807) is 6.07 Å². The van der Waals surface area contributed by atoms with Gasteiger partial charge >= 0.3 is 5.97 Å². The molecule has 2 aliphatic carbocycles. The maximum atomic E-state index is 13.4. The van der Waals surface area contributed by atoms with E-state index < -0.39 is 16.0 Å². The maximum Gasteiger partial charge on any atom is 0.335 e. The zero-order chi connectivity index (χ0) is 23.4. The van der Waals surface area contributed by atoms with E-state index in [1.165, 1.54) is 24.3 Å². The standard InChI is InChI=1S/C23H21ClN2O6S/c24-18-7-20(32-16-8-23(9-16)11-31-12-23)19(5-15(18)10-25)26-33(29,30)21-6-14(22(27)28)3-4-17(21)13-1-2-13/h3-7,13,16,26H,1-2,8-9,11-12H2,(H,27,28). The minimum atomic E-state index is -4.17. The lowest BCUT2D eigenvalue weighted by atomic mass is 9.65. The number of hydrogen-bond donors (Lipinski definition) is 2. The molecule has 8 nitrogen and oxygen atoms in total. The molecule has 0 aromatic heterocycles. The molecular weight excluding hydrogens is 468 g/mol. The van der Waals surface area contributed by atoms with Gasteiger partial charge in [0.2, 0.25) is 0 Å². The van der Waals surface area contributed by atoms with Crippen molar-refractivity contribution in [2.75, 3.05) is 17.9 Å². The van der Waals surface area contributed by atoms with Crippen molar-refractivity contribution in [2.45, 2.75) is 42.6 Å². The molecule has 3 aliphatic rings. The first-order valence-corrected chi connectivity index (χ1v) is 12.4. The quantitative estimate of drug-likeness (QED) is 0.599. The number of ether oxygens (including phenoxy) is 2. The van der Waals surface area contributed by atoms with E-state index in [1.807, 2.05) is 6.07 Å². The molecule has 2 saturated carbocycles. The molecule has 0 atom stereocenters. The second kappa shape index (κ2) is 7.90. The van der Waals surface area contributed by atoms with E-state index in [0.717, 1.165) is 25.7 Å². The van der Waals surface area contributed by atoms with Crippen LogP contribution in [0, 0.1) is 16.7 Å². The van der Waals surface area contributed by atoms with Gasteiger partial charge in [0.1, 0.15) is 17.9 Å². The number of aromatic carboxylic acids is 1. The molecule has 5 rings (SSSR count). The highest BCUT2D eigenvalue weighted by Crippen LogP contribution is 2.49. The van der Waals surface area contributed by atoms with Crippen molar-refractivity contribution in [2.24, 2.45) is 5.41 Å². The summed E-state index contributed by atoms with van der Waals surface area (Å²) in [6.45, 7) is 1.40. The Balaban J connectivity index is 1.48. The highest BCUT2D eigenvalue weighted by Gasteiger charge is 2.51. The molecule has 10 heteroatoms. The SMILES string of the molecule is N#Cc1cc(NS(=O)(=O)c2cc(C(=O)O)ccc2C2CC2)c(OC2CC3(COC3)C2)cc1Cl. The number of nitrogens with one attached hydrogen (secondary N) is 1. The molecule has 0 bridgehead atoms. The molecule has 1 saturated heterocycles. The lowest BCUT2D eigenvalue weighted by molar-refractivity contribution is -0.191. The summed E-state index contributed by atoms with van der Waals surface area (Å²) in [5, 5.41) is 18.9. The van der Waals surface area contributed by atoms with Gasteiger partial charge < -0.3 is 14.6 Å². The Bertz CT molecular complexity index is 1290. The van der Waals surface area contributed by atoms with Crippen molar-refractivity contribution in [3.05, 3.63) is 52.0 Å². The summed E-state index contributed by atoms with van der Waals surface area (Å²) in [6, 6.07) is 8.88. The summed E-state index contributed by atoms with van der Waals surface area (Å²) in [6.07, 6.45) is 3.16. The van der Waals surface area contributed by atoms with Crippen LogP contribution in [0.4, 0.5) is 5.69 Å². The van der Waals surface area contributed by atoms with Crippen LogP contribution in [0.5, 0.6) is 5.75 Å². The topological polar surface area (TPSA) is 126 Å². The molecule has 1 spiro atoms. The van der Waals surface area contributed by atoms with Crippen molar-refractivity contribution in [1.82, 2.24) is 0 Å². The lowest BCUT2D eigenvalue weighted by Gasteiger charge is -2.52. The van der Waals surface area contributed by atoms with E-state index in [-0.39, 0.29) is 49.9 Å². The van der Waals surface area contributed by atoms with Crippen LogP contribution in [0.3, 0.4) is 0 Å². The minimum absolute atomic E-state index is 0.0749. The first kappa shape index (κ1) is 22.0. The Hall–Kier alpha value is -2.80. The van der Waals surface area contributed by atoms with Gasteiger partial charge in [-0.1, -0.05) is 17.7 Å². The van der Waals surface area contributed by atoms with Gasteiger partial charge in [-0.15, -0.1) is 0 Å². The highest BCUT2D eigenvalue weighted by molar-refractivity contribution is 7.92. The van der Waals surface area contributed by atoms with E-state index in [2.05, 4.69) is 4.72 Å². The minimum Gasteiger partial charge on any atom is -0.488 e. The molecule has 1 heterocycles. The maximum absolute atomic E-state index is 13.4. The third kappa shape index (κ3) is 4.14. The van der Waals surface area contributed by atoms with Gasteiger partial charge in [0.15, 0.2) is 0 Å². The van der Waals surface area contributed by atoms with Gasteiger partial charge in [-0.3, -0.25) is 4.72 Å². The summed E-state index contributed by atoms with van der Waals surface area (Å²) < 4.78 is 40.7. The summed E-state index contributed by atoms with van der Waals surface area (Å²) in [5.74, 6) is -0.911. The van der Waals surface area contributed by atoms with Crippen molar-refractivity contribution in [3.63, 3.8) is 0 Å². The van der Waals surface area contributed by atoms with Crippen LogP contribution in [0.2, 0.25) is 5.02 Å². The zero-order valence-electron chi connectivity index (χ0n) is 17.5. The molecule has 2 aromatic carbocycles. The second-order valence-corrected chi connectivity index (χ2v) is 11.1. The first-order valence-electron chi connectivity index (χ1n) is 10.6. The number of anilines is 1. The van der Waals surface area contributed by atoms with E-state index in [4.69, 9.17) is 21.1 Å². The van der Waals surface area contributed by atoms with Crippen LogP contribution in [-0.4, -0.2) is 38.8 Å². The molecule has 172 valence electrons. The van der Waals surface area contributed by atoms with Gasteiger partial charge in [0.25, 0.3) is 10.0 Å². The number of carbonyl (C=O) groups is 1. The third-order valence-electron chi connectivity index (χ3n) is 6.43.